The molecule has 0 spiro atoms. The van der Waals surface area contributed by atoms with Crippen molar-refractivity contribution in [3.05, 3.63) is 90.0 Å². The van der Waals surface area contributed by atoms with Crippen molar-refractivity contribution >= 4 is 5.91 Å². The second-order valence-corrected chi connectivity index (χ2v) is 25.2. The Morgan fingerprint density at radius 3 is 1.45 bits per heavy atom. The van der Waals surface area contributed by atoms with Crippen LogP contribution in [0.4, 0.5) is 0 Å². The molecule has 2 saturated heterocycles. The Labute approximate surface area is 574 Å². The number of carbonyl (C=O) groups excluding carboxylic acids is 1. The molecule has 2 radical (unpaired) electrons. The fraction of sp³-hybridized carbons (Fsp3) is 0.591. The van der Waals surface area contributed by atoms with Crippen LogP contribution in [-0.2, 0) is 30.5 Å². The van der Waals surface area contributed by atoms with Gasteiger partial charge in [-0.15, -0.1) is 0 Å². The largest absolute Gasteiger partial charge is 0.507 e. The molecule has 4 bridgehead atoms. The van der Waals surface area contributed by atoms with Crippen molar-refractivity contribution in [1.82, 2.24) is 24.9 Å². The topological polar surface area (TPSA) is 233 Å². The van der Waals surface area contributed by atoms with Gasteiger partial charge in [-0.2, -0.15) is 10.5 Å². The molecule has 1 amide bonds. The van der Waals surface area contributed by atoms with Crippen LogP contribution in [0.1, 0.15) is 180 Å². The molecule has 450 valence electrons. The maximum absolute atomic E-state index is 13.6. The molecule has 8 aliphatic rings. The zero-order valence-corrected chi connectivity index (χ0v) is 61.0. The number of aryl methyl sites for hydroxylation is 2. The number of nitrogens with zero attached hydrogens (tertiary/aromatic N) is 6. The van der Waals surface area contributed by atoms with Gasteiger partial charge < -0.3 is 50.4 Å². The summed E-state index contributed by atoms with van der Waals surface area (Å²) in [6.45, 7) is 16.6. The van der Waals surface area contributed by atoms with Crippen LogP contribution in [0, 0.1) is 158 Å². The summed E-state index contributed by atoms with van der Waals surface area (Å²) in [4.78, 5) is 22.6. The van der Waals surface area contributed by atoms with E-state index in [2.05, 4.69) is 63.2 Å². The van der Waals surface area contributed by atoms with Gasteiger partial charge in [-0.25, -0.2) is 0 Å². The first kappa shape index (κ1) is 65.8. The molecule has 4 aromatic rings. The Morgan fingerprint density at radius 1 is 0.600 bits per heavy atom. The number of nitriles is 2. The van der Waals surface area contributed by atoms with Crippen LogP contribution >= 0.6 is 0 Å². The number of phenols is 4. The Morgan fingerprint density at radius 2 is 1.01 bits per heavy atom. The number of ether oxygens (including phenoxy) is 4. The number of carbonyl (C=O) groups is 1. The summed E-state index contributed by atoms with van der Waals surface area (Å²) in [5.74, 6) is 3.22. The van der Waals surface area contributed by atoms with Gasteiger partial charge in [0.1, 0.15) is 35.1 Å². The zero-order chi connectivity index (χ0) is 59.0. The van der Waals surface area contributed by atoms with E-state index in [9.17, 15) is 35.7 Å². The number of piperazine rings is 2. The summed E-state index contributed by atoms with van der Waals surface area (Å²) < 4.78 is 23.5. The fourth-order valence-corrected chi connectivity index (χ4v) is 16.1. The molecular weight excluding hydrogens is 1500 g/mol. The van der Waals surface area contributed by atoms with Gasteiger partial charge in [0.2, 0.25) is 19.5 Å². The van der Waals surface area contributed by atoms with Gasteiger partial charge in [0.25, 0.3) is 0 Å². The maximum atomic E-state index is 13.6. The standard InChI is InChI=1S/C40H56N4O5.C26H30N4O4.2Ac/c1-7-8-9-10-11-12-13-14-15-16-23(2)40(47)42-21-32-34-28(36(45)26(5)38-39(34)49-22-48-38)19-30-35-33-27(17-24(3)25(4)37(33)46)18-29(43(35)6)31(20-41)44(30)32;1-11-5-14-6-16-18(8-27)30-17(22(29(16)4)20(14)24(32)12(11)2)7-15-21(19(30)9-28)26-25(33-10-34-26)13(3)23(15)31;;/h17,23,29-32,35,45-46H,7-16,18-19,21-22H2,1-6H3,(H,42,47);5,16-19,22,31-32H,6-7,9-10,28H2,1-4H3;;/t23?,29-,30?,31-,32-,35-;16-,17?,18-,19-,22-;;/m00../s1. The van der Waals surface area contributed by atoms with Crippen molar-refractivity contribution in [3.63, 3.8) is 0 Å². The summed E-state index contributed by atoms with van der Waals surface area (Å²) >= 11 is 0. The Balaban J connectivity index is 0.000000211. The van der Waals surface area contributed by atoms with Gasteiger partial charge in [-0.3, -0.25) is 24.4 Å². The summed E-state index contributed by atoms with van der Waals surface area (Å²) in [5, 5.41) is 70.3. The third kappa shape index (κ3) is 11.2. The van der Waals surface area contributed by atoms with Gasteiger partial charge >= 0.3 is 0 Å². The SMILES string of the molecule is CCCCCCCCCCCC(C)C(=O)NC[C@H]1c2c(c(O)c(C)c3c2OCO3)CC2[C@H]3c4c(cc(C)c(C)c4O)C[C@@H]([C@H](C#N)N21)N3C.Cc1cc2c(c(O)c1C)[C@@H]1C3Cc4c(O)c(C)c5c(c4[C@H](CN)N3[C@@H](C#N)[C@H](C2)N1C)OCO5.[Ac].[Ac]. The van der Waals surface area contributed by atoms with Gasteiger partial charge in [-0.05, 0) is 121 Å². The van der Waals surface area contributed by atoms with Crippen molar-refractivity contribution in [2.75, 3.05) is 40.8 Å². The summed E-state index contributed by atoms with van der Waals surface area (Å²) in [6, 6.07) is 7.06. The van der Waals surface area contributed by atoms with E-state index in [-0.39, 0.29) is 180 Å². The molecule has 85 heavy (non-hydrogen) atoms. The number of unbranched alkanes of at least 4 members (excludes halogenated alkanes) is 8. The number of benzene rings is 4. The number of aromatic hydroxyl groups is 4. The Kier molecular flexibility index (Phi) is 20.8. The molecule has 11 atom stereocenters. The fourth-order valence-electron chi connectivity index (χ4n) is 16.1. The molecule has 12 rings (SSSR count). The van der Waals surface area contributed by atoms with Crippen LogP contribution < -0.4 is 30.0 Å². The van der Waals surface area contributed by atoms with Crippen LogP contribution in [0.25, 0.3) is 0 Å². The second kappa shape index (κ2) is 26.9. The van der Waals surface area contributed by atoms with Crippen LogP contribution in [0.2, 0.25) is 0 Å². The smallest absolute Gasteiger partial charge is 0.231 e. The van der Waals surface area contributed by atoms with Gasteiger partial charge in [0, 0.05) is 176 Å². The zero-order valence-electron chi connectivity index (χ0n) is 51.5. The van der Waals surface area contributed by atoms with Crippen molar-refractivity contribution in [2.24, 2.45) is 11.7 Å². The van der Waals surface area contributed by atoms with E-state index in [0.717, 1.165) is 86.0 Å². The van der Waals surface area contributed by atoms with E-state index in [1.807, 2.05) is 55.5 Å². The minimum absolute atomic E-state index is 0. The van der Waals surface area contributed by atoms with E-state index in [1.165, 1.54) is 44.9 Å². The summed E-state index contributed by atoms with van der Waals surface area (Å²) in [5.41, 5.74) is 18.8. The number of hydrogen-bond acceptors (Lipinski definition) is 16. The number of hydrogen-bond donors (Lipinski definition) is 6. The number of nitrogens with two attached hydrogens (primary N) is 1. The van der Waals surface area contributed by atoms with E-state index >= 15 is 0 Å². The van der Waals surface area contributed by atoms with Crippen molar-refractivity contribution in [1.29, 1.82) is 10.5 Å². The number of phenolic OH excluding ortho intramolecular Hbond substituents is 4. The second-order valence-electron chi connectivity index (χ2n) is 25.2. The van der Waals surface area contributed by atoms with Gasteiger partial charge in [-0.1, -0.05) is 83.8 Å². The third-order valence-corrected chi connectivity index (χ3v) is 20.8. The van der Waals surface area contributed by atoms with E-state index in [0.29, 0.717) is 71.3 Å². The van der Waals surface area contributed by atoms with Crippen LogP contribution in [0.15, 0.2) is 12.1 Å². The third-order valence-electron chi connectivity index (χ3n) is 20.8. The molecule has 0 saturated carbocycles. The monoisotopic (exact) mass is 1590 g/mol. The molecule has 8 aliphatic heterocycles. The van der Waals surface area contributed by atoms with E-state index in [1.54, 1.807) is 0 Å². The average Bonchev–Trinajstić information content (AvgIpc) is 1.27. The predicted octanol–water partition coefficient (Wildman–Crippen LogP) is 9.68. The molecule has 17 nitrogen and oxygen atoms in total. The molecule has 0 aliphatic carbocycles. The molecule has 0 aromatic heterocycles. The first-order chi connectivity index (χ1) is 39.9. The Bertz CT molecular complexity index is 3310. The molecule has 3 unspecified atom stereocenters. The van der Waals surface area contributed by atoms with E-state index < -0.39 is 18.1 Å². The number of likely N-dealkylation sites (N-methyl/N-ethyl adjacent to an activating group) is 2. The molecule has 4 aromatic carbocycles. The van der Waals surface area contributed by atoms with Gasteiger partial charge in [0.05, 0.1) is 36.3 Å². The average molecular weight is 1590 g/mol. The minimum Gasteiger partial charge on any atom is -0.507 e. The predicted molar refractivity (Wildman–Crippen MR) is 315 cm³/mol. The first-order valence-electron chi connectivity index (χ1n) is 30.6. The number of rotatable bonds is 14. The van der Waals surface area contributed by atoms with Crippen molar-refractivity contribution in [2.45, 2.75) is 206 Å². The maximum Gasteiger partial charge on any atom is 0.231 e. The summed E-state index contributed by atoms with van der Waals surface area (Å²) in [7, 11) is 4.10. The first-order valence-corrected chi connectivity index (χ1v) is 30.6. The van der Waals surface area contributed by atoms with Crippen LogP contribution in [0.3, 0.4) is 0 Å². The minimum atomic E-state index is -0.487. The summed E-state index contributed by atoms with van der Waals surface area (Å²) in [6.07, 6.45) is 14.4. The van der Waals surface area contributed by atoms with E-state index in [4.69, 9.17) is 24.7 Å². The normalized spacial score (nSPS) is 25.8. The molecule has 19 heteroatoms. The van der Waals surface area contributed by atoms with Gasteiger partial charge in [0.15, 0.2) is 23.0 Å². The number of nitrogens with one attached hydrogen (secondary N) is 1. The van der Waals surface area contributed by atoms with Crippen molar-refractivity contribution in [3.8, 4) is 58.1 Å². The molecule has 7 N–H and O–H groups in total. The van der Waals surface area contributed by atoms with Crippen LogP contribution in [-0.4, -0.2) is 123 Å². The molecule has 2 fully saturated rings. The molecule has 8 heterocycles. The van der Waals surface area contributed by atoms with Crippen molar-refractivity contribution < 1.29 is 132 Å². The van der Waals surface area contributed by atoms with Crippen LogP contribution in [0.5, 0.6) is 46.0 Å². The molecular formula is C66H86Ac2N8O9. The number of fused-ring (bicyclic) bond motifs is 18. The Hall–Kier alpha value is -3.59. The quantitative estimate of drug-likeness (QED) is 0.0645. The number of amides is 1.